The lowest BCUT2D eigenvalue weighted by molar-refractivity contribution is -0.0990. The number of allylic oxidation sites excluding steroid dienone is 1. The molecule has 0 saturated heterocycles. The Kier molecular flexibility index (Phi) is 7.99. The normalized spacial score (nSPS) is 38.1. The molecule has 0 bridgehead atoms. The van der Waals surface area contributed by atoms with Crippen molar-refractivity contribution in [3.05, 3.63) is 35.4 Å². The zero-order valence-corrected chi connectivity index (χ0v) is 26.2. The quantitative estimate of drug-likeness (QED) is 0.258. The molecule has 3 saturated carbocycles. The molecule has 39 heavy (non-hydrogen) atoms. The van der Waals surface area contributed by atoms with Crippen molar-refractivity contribution in [1.82, 2.24) is 0 Å². The first-order valence-corrected chi connectivity index (χ1v) is 16.3. The van der Waals surface area contributed by atoms with Crippen LogP contribution in [0.2, 0.25) is 0 Å². The van der Waals surface area contributed by atoms with Gasteiger partial charge < -0.3 is 16.2 Å². The molecule has 3 fully saturated rings. The Labute approximate surface area is 239 Å². The molecule has 0 heterocycles. The van der Waals surface area contributed by atoms with Gasteiger partial charge in [0.15, 0.2) is 0 Å². The fourth-order valence-corrected chi connectivity index (χ4v) is 10.7. The summed E-state index contributed by atoms with van der Waals surface area (Å²) in [4.78, 5) is 0. The Hall–Kier alpha value is -1.48. The Morgan fingerprint density at radius 2 is 1.59 bits per heavy atom. The van der Waals surface area contributed by atoms with Gasteiger partial charge in [0, 0.05) is 16.8 Å². The van der Waals surface area contributed by atoms with Gasteiger partial charge in [-0.2, -0.15) is 0 Å². The minimum absolute atomic E-state index is 0.0493. The lowest BCUT2D eigenvalue weighted by Crippen LogP contribution is -2.55. The zero-order valence-electron chi connectivity index (χ0n) is 26.2. The predicted molar refractivity (Wildman–Crippen MR) is 166 cm³/mol. The van der Waals surface area contributed by atoms with Gasteiger partial charge in [-0.1, -0.05) is 79.4 Å². The van der Waals surface area contributed by atoms with Gasteiger partial charge in [0.2, 0.25) is 0 Å². The maximum Gasteiger partial charge on any atom is 0.0722 e. The van der Waals surface area contributed by atoms with Crippen LogP contribution in [0.5, 0.6) is 0 Å². The van der Waals surface area contributed by atoms with Crippen molar-refractivity contribution in [1.29, 1.82) is 0 Å². The first-order chi connectivity index (χ1) is 18.4. The SMILES string of the molecule is CC(C)CCCC(C)C1CCC2C3CC=C4C(C)(C)C(OCc5cc(N)cc(N)c5)CCC4(C)C3CCC12C. The maximum atomic E-state index is 6.65. The van der Waals surface area contributed by atoms with Crippen molar-refractivity contribution < 1.29 is 4.74 Å². The smallest absolute Gasteiger partial charge is 0.0722 e. The molecule has 4 N–H and O–H groups in total. The molecule has 0 radical (unpaired) electrons. The lowest BCUT2D eigenvalue weighted by atomic mass is 9.44. The number of rotatable bonds is 8. The lowest BCUT2D eigenvalue weighted by Gasteiger charge is -2.61. The molecule has 8 unspecified atom stereocenters. The Balaban J connectivity index is 1.30. The summed E-state index contributed by atoms with van der Waals surface area (Å²) in [6.45, 7) is 18.2. The molecule has 5 rings (SSSR count). The molecular weight excluding hydrogens is 476 g/mol. The van der Waals surface area contributed by atoms with E-state index in [1.807, 2.05) is 18.2 Å². The van der Waals surface area contributed by atoms with E-state index in [-0.39, 0.29) is 11.5 Å². The highest BCUT2D eigenvalue weighted by atomic mass is 16.5. The molecule has 0 aromatic heterocycles. The number of hydrogen-bond acceptors (Lipinski definition) is 3. The second-order valence-electron chi connectivity index (χ2n) is 15.7. The van der Waals surface area contributed by atoms with E-state index in [1.54, 1.807) is 5.57 Å². The maximum absolute atomic E-state index is 6.65. The summed E-state index contributed by atoms with van der Waals surface area (Å²) in [6.07, 6.45) is 16.6. The molecule has 4 aliphatic rings. The van der Waals surface area contributed by atoms with E-state index in [9.17, 15) is 0 Å². The van der Waals surface area contributed by atoms with E-state index < -0.39 is 0 Å². The molecule has 0 aliphatic heterocycles. The number of fused-ring (bicyclic) bond motifs is 5. The van der Waals surface area contributed by atoms with Crippen molar-refractivity contribution in [2.75, 3.05) is 11.5 Å². The Bertz CT molecular complexity index is 1040. The molecule has 0 amide bonds. The molecule has 218 valence electrons. The fraction of sp³-hybridized carbons (Fsp3) is 0.778. The van der Waals surface area contributed by atoms with E-state index in [2.05, 4.69) is 54.5 Å². The van der Waals surface area contributed by atoms with Crippen LogP contribution in [0.4, 0.5) is 11.4 Å². The number of hydrogen-bond donors (Lipinski definition) is 2. The third-order valence-electron chi connectivity index (χ3n) is 12.6. The minimum Gasteiger partial charge on any atom is -0.399 e. The molecule has 1 aromatic carbocycles. The number of nitrogens with two attached hydrogens (primary N) is 2. The summed E-state index contributed by atoms with van der Waals surface area (Å²) < 4.78 is 6.65. The first-order valence-electron chi connectivity index (χ1n) is 16.3. The van der Waals surface area contributed by atoms with Gasteiger partial charge in [-0.05, 0) is 115 Å². The van der Waals surface area contributed by atoms with Crippen LogP contribution >= 0.6 is 0 Å². The summed E-state index contributed by atoms with van der Waals surface area (Å²) in [5.74, 6) is 5.25. The van der Waals surface area contributed by atoms with Crippen LogP contribution in [0.3, 0.4) is 0 Å². The van der Waals surface area contributed by atoms with Crippen molar-refractivity contribution >= 4 is 11.4 Å². The van der Waals surface area contributed by atoms with E-state index in [4.69, 9.17) is 16.2 Å². The van der Waals surface area contributed by atoms with Gasteiger partial charge in [-0.3, -0.25) is 0 Å². The molecule has 3 heteroatoms. The van der Waals surface area contributed by atoms with Crippen LogP contribution in [0.15, 0.2) is 29.8 Å². The van der Waals surface area contributed by atoms with E-state index in [0.29, 0.717) is 28.8 Å². The third-order valence-corrected chi connectivity index (χ3v) is 12.6. The molecular formula is C36H58N2O. The van der Waals surface area contributed by atoms with Crippen LogP contribution in [0, 0.1) is 51.8 Å². The monoisotopic (exact) mass is 534 g/mol. The topological polar surface area (TPSA) is 61.3 Å². The number of anilines is 2. The number of ether oxygens (including phenoxy) is 1. The van der Waals surface area contributed by atoms with Crippen molar-refractivity contribution in [2.24, 2.45) is 51.8 Å². The summed E-state index contributed by atoms with van der Waals surface area (Å²) in [7, 11) is 0. The van der Waals surface area contributed by atoms with Gasteiger partial charge in [0.05, 0.1) is 12.7 Å². The van der Waals surface area contributed by atoms with Crippen LogP contribution < -0.4 is 11.5 Å². The van der Waals surface area contributed by atoms with Crippen LogP contribution in [-0.2, 0) is 11.3 Å². The van der Waals surface area contributed by atoms with Gasteiger partial charge >= 0.3 is 0 Å². The van der Waals surface area contributed by atoms with Crippen LogP contribution in [-0.4, -0.2) is 6.10 Å². The highest BCUT2D eigenvalue weighted by Crippen LogP contribution is 2.69. The second kappa shape index (κ2) is 10.7. The standard InChI is InChI=1S/C36H58N2O/c1-23(2)9-8-10-24(3)29-12-13-30-28-11-14-32-34(4,5)33(39-22-25-19-26(37)21-27(38)20-25)16-18-36(32,7)31(28)15-17-35(29,30)6/h14,19-21,23-24,28-31,33H,8-13,15-18,22,37-38H2,1-7H3. The molecule has 1 aromatic rings. The summed E-state index contributed by atoms with van der Waals surface area (Å²) in [5.41, 5.74) is 17.2. The average Bonchev–Trinajstić information content (AvgIpc) is 3.20. The number of nitrogen functional groups attached to an aromatic ring is 2. The van der Waals surface area contributed by atoms with Gasteiger partial charge in [-0.25, -0.2) is 0 Å². The van der Waals surface area contributed by atoms with E-state index in [1.165, 1.54) is 57.8 Å². The van der Waals surface area contributed by atoms with E-state index in [0.717, 1.165) is 47.5 Å². The van der Waals surface area contributed by atoms with Crippen molar-refractivity contribution in [3.63, 3.8) is 0 Å². The van der Waals surface area contributed by atoms with Crippen molar-refractivity contribution in [2.45, 2.75) is 125 Å². The number of benzene rings is 1. The highest BCUT2D eigenvalue weighted by molar-refractivity contribution is 5.54. The summed E-state index contributed by atoms with van der Waals surface area (Å²) in [6, 6.07) is 5.82. The van der Waals surface area contributed by atoms with Crippen LogP contribution in [0.1, 0.15) is 118 Å². The predicted octanol–water partition coefficient (Wildman–Crippen LogP) is 9.41. The molecule has 8 atom stereocenters. The van der Waals surface area contributed by atoms with Crippen molar-refractivity contribution in [3.8, 4) is 0 Å². The zero-order chi connectivity index (χ0) is 28.2. The van der Waals surface area contributed by atoms with Crippen LogP contribution in [0.25, 0.3) is 0 Å². The molecule has 3 nitrogen and oxygen atoms in total. The largest absolute Gasteiger partial charge is 0.399 e. The Morgan fingerprint density at radius 3 is 2.28 bits per heavy atom. The van der Waals surface area contributed by atoms with E-state index >= 15 is 0 Å². The Morgan fingerprint density at radius 1 is 0.872 bits per heavy atom. The summed E-state index contributed by atoms with van der Waals surface area (Å²) in [5, 5.41) is 0. The fourth-order valence-electron chi connectivity index (χ4n) is 10.7. The first kappa shape index (κ1) is 29.0. The van der Waals surface area contributed by atoms with Gasteiger partial charge in [0.1, 0.15) is 0 Å². The molecule has 0 spiro atoms. The second-order valence-corrected chi connectivity index (χ2v) is 15.7. The summed E-state index contributed by atoms with van der Waals surface area (Å²) >= 11 is 0. The highest BCUT2D eigenvalue weighted by Gasteiger charge is 2.61. The van der Waals surface area contributed by atoms with Gasteiger partial charge in [0.25, 0.3) is 0 Å². The third kappa shape index (κ3) is 5.20. The minimum atomic E-state index is 0.0493. The average molecular weight is 535 g/mol. The van der Waals surface area contributed by atoms with Gasteiger partial charge in [-0.15, -0.1) is 0 Å². The molecule has 4 aliphatic carbocycles.